The Balaban J connectivity index is 1.46. The Kier molecular flexibility index (Phi) is 5.76. The van der Waals surface area contributed by atoms with Crippen molar-refractivity contribution in [1.29, 1.82) is 0 Å². The molecular formula is C22H27N5OS. The van der Waals surface area contributed by atoms with E-state index in [1.807, 2.05) is 50.2 Å². The normalized spacial score (nSPS) is 14.4. The molecule has 0 saturated heterocycles. The number of anilines is 1. The van der Waals surface area contributed by atoms with Gasteiger partial charge >= 0.3 is 0 Å². The van der Waals surface area contributed by atoms with Crippen LogP contribution in [0.2, 0.25) is 0 Å². The van der Waals surface area contributed by atoms with Gasteiger partial charge in [0.05, 0.1) is 22.8 Å². The summed E-state index contributed by atoms with van der Waals surface area (Å²) in [5.41, 5.74) is 4.06. The van der Waals surface area contributed by atoms with Crippen LogP contribution in [0.4, 0.5) is 5.82 Å². The van der Waals surface area contributed by atoms with Crippen molar-refractivity contribution in [1.82, 2.24) is 19.3 Å². The number of aromatic nitrogens is 4. The largest absolute Gasteiger partial charge is 0.320 e. The molecular weight excluding hydrogens is 382 g/mol. The summed E-state index contributed by atoms with van der Waals surface area (Å²) in [7, 11) is 0. The molecule has 4 rings (SSSR count). The van der Waals surface area contributed by atoms with Gasteiger partial charge in [-0.05, 0) is 45.7 Å². The first-order valence-corrected chi connectivity index (χ1v) is 11.1. The van der Waals surface area contributed by atoms with Gasteiger partial charge in [0.2, 0.25) is 5.91 Å². The van der Waals surface area contributed by atoms with E-state index in [0.29, 0.717) is 17.6 Å². The Bertz CT molecular complexity index is 1000. The van der Waals surface area contributed by atoms with E-state index in [0.717, 1.165) is 22.2 Å². The van der Waals surface area contributed by atoms with Gasteiger partial charge in [-0.3, -0.25) is 4.79 Å². The summed E-state index contributed by atoms with van der Waals surface area (Å²) in [6.45, 7) is 6.10. The van der Waals surface area contributed by atoms with Crippen LogP contribution < -0.4 is 5.32 Å². The van der Waals surface area contributed by atoms with Gasteiger partial charge in [0.1, 0.15) is 5.82 Å². The minimum absolute atomic E-state index is 0.0524. The number of carbonyl (C=O) groups is 1. The number of rotatable bonds is 6. The molecule has 0 aliphatic heterocycles. The van der Waals surface area contributed by atoms with Crippen molar-refractivity contribution in [3.8, 4) is 5.69 Å². The van der Waals surface area contributed by atoms with Crippen molar-refractivity contribution in [2.24, 2.45) is 0 Å². The molecule has 1 N–H and O–H groups in total. The van der Waals surface area contributed by atoms with Crippen LogP contribution in [0.25, 0.3) is 5.69 Å². The van der Waals surface area contributed by atoms with Gasteiger partial charge < -0.3 is 9.88 Å². The lowest BCUT2D eigenvalue weighted by Crippen LogP contribution is -2.17. The Morgan fingerprint density at radius 1 is 1.17 bits per heavy atom. The molecule has 0 atom stereocenters. The SMILES string of the molecule is Cc1cc(NC(=O)CSc2nc(C)c(C)n2C2CCCC2)n(-c2ccccc2)n1. The molecule has 2 heterocycles. The highest BCUT2D eigenvalue weighted by Crippen LogP contribution is 2.35. The minimum Gasteiger partial charge on any atom is -0.320 e. The third kappa shape index (κ3) is 4.24. The first kappa shape index (κ1) is 19.8. The van der Waals surface area contributed by atoms with E-state index < -0.39 is 0 Å². The summed E-state index contributed by atoms with van der Waals surface area (Å²) < 4.78 is 4.12. The number of benzene rings is 1. The number of thioether (sulfide) groups is 1. The van der Waals surface area contributed by atoms with Crippen LogP contribution >= 0.6 is 11.8 Å². The van der Waals surface area contributed by atoms with Crippen molar-refractivity contribution in [3.05, 3.63) is 53.5 Å². The standard InChI is InChI=1S/C22H27N5OS/c1-15-13-20(27(25-15)19-11-5-4-6-12-19)24-21(28)14-29-22-23-16(2)17(3)26(22)18-9-7-8-10-18/h4-6,11-13,18H,7-10,14H2,1-3H3,(H,24,28). The van der Waals surface area contributed by atoms with Gasteiger partial charge in [-0.1, -0.05) is 42.8 Å². The molecule has 1 aromatic carbocycles. The Labute approximate surface area is 175 Å². The summed E-state index contributed by atoms with van der Waals surface area (Å²) in [5, 5.41) is 8.48. The first-order valence-electron chi connectivity index (χ1n) is 10.1. The molecule has 1 aliphatic carbocycles. The highest BCUT2D eigenvalue weighted by atomic mass is 32.2. The molecule has 0 unspecified atom stereocenters. The molecule has 0 radical (unpaired) electrons. The van der Waals surface area contributed by atoms with E-state index in [-0.39, 0.29) is 5.91 Å². The molecule has 7 heteroatoms. The van der Waals surface area contributed by atoms with E-state index in [1.165, 1.54) is 43.1 Å². The van der Waals surface area contributed by atoms with Gasteiger partial charge in [0.15, 0.2) is 5.16 Å². The van der Waals surface area contributed by atoms with Gasteiger partial charge in [-0.25, -0.2) is 9.67 Å². The molecule has 0 bridgehead atoms. The van der Waals surface area contributed by atoms with Crippen molar-refractivity contribution >= 4 is 23.5 Å². The molecule has 29 heavy (non-hydrogen) atoms. The summed E-state index contributed by atoms with van der Waals surface area (Å²) in [5.74, 6) is 0.955. The number of para-hydroxylation sites is 1. The predicted octanol–water partition coefficient (Wildman–Crippen LogP) is 4.84. The van der Waals surface area contributed by atoms with Gasteiger partial charge in [0.25, 0.3) is 0 Å². The number of hydrogen-bond donors (Lipinski definition) is 1. The number of amides is 1. The van der Waals surface area contributed by atoms with Crippen LogP contribution in [0.15, 0.2) is 41.6 Å². The highest BCUT2D eigenvalue weighted by Gasteiger charge is 2.23. The monoisotopic (exact) mass is 409 g/mol. The third-order valence-electron chi connectivity index (χ3n) is 5.48. The number of imidazole rings is 1. The Hall–Kier alpha value is -2.54. The maximum Gasteiger partial charge on any atom is 0.236 e. The first-order chi connectivity index (χ1) is 14.0. The quantitative estimate of drug-likeness (QED) is 0.592. The van der Waals surface area contributed by atoms with Crippen LogP contribution in [-0.4, -0.2) is 31.0 Å². The fourth-order valence-corrected chi connectivity index (χ4v) is 4.91. The molecule has 3 aromatic rings. The average molecular weight is 410 g/mol. The van der Waals surface area contributed by atoms with E-state index >= 15 is 0 Å². The van der Waals surface area contributed by atoms with Crippen molar-refractivity contribution < 1.29 is 4.79 Å². The lowest BCUT2D eigenvalue weighted by atomic mass is 10.2. The zero-order valence-electron chi connectivity index (χ0n) is 17.2. The molecule has 6 nitrogen and oxygen atoms in total. The number of hydrogen-bond acceptors (Lipinski definition) is 4. The highest BCUT2D eigenvalue weighted by molar-refractivity contribution is 7.99. The van der Waals surface area contributed by atoms with Crippen LogP contribution in [0.5, 0.6) is 0 Å². The maximum absolute atomic E-state index is 12.7. The number of nitrogens with zero attached hydrogens (tertiary/aromatic N) is 4. The van der Waals surface area contributed by atoms with Gasteiger partial charge in [-0.2, -0.15) is 5.10 Å². The molecule has 2 aromatic heterocycles. The van der Waals surface area contributed by atoms with Crippen LogP contribution in [0.1, 0.15) is 48.8 Å². The number of nitrogens with one attached hydrogen (secondary N) is 1. The summed E-state index contributed by atoms with van der Waals surface area (Å²) in [6, 6.07) is 12.2. The summed E-state index contributed by atoms with van der Waals surface area (Å²) >= 11 is 1.51. The Morgan fingerprint density at radius 2 is 1.90 bits per heavy atom. The molecule has 1 saturated carbocycles. The molecule has 1 fully saturated rings. The Morgan fingerprint density at radius 3 is 2.62 bits per heavy atom. The van der Waals surface area contributed by atoms with Crippen molar-refractivity contribution in [3.63, 3.8) is 0 Å². The lowest BCUT2D eigenvalue weighted by molar-refractivity contribution is -0.113. The van der Waals surface area contributed by atoms with E-state index in [9.17, 15) is 4.79 Å². The zero-order valence-corrected chi connectivity index (χ0v) is 18.0. The molecule has 1 amide bonds. The molecule has 0 spiro atoms. The molecule has 1 aliphatic rings. The second-order valence-electron chi connectivity index (χ2n) is 7.63. The average Bonchev–Trinajstić information content (AvgIpc) is 3.42. The lowest BCUT2D eigenvalue weighted by Gasteiger charge is -2.17. The fourth-order valence-electron chi connectivity index (χ4n) is 3.95. The van der Waals surface area contributed by atoms with Crippen LogP contribution in [0.3, 0.4) is 0 Å². The number of carbonyl (C=O) groups excluding carboxylic acids is 1. The van der Waals surface area contributed by atoms with E-state index in [4.69, 9.17) is 4.98 Å². The molecule has 152 valence electrons. The third-order valence-corrected chi connectivity index (χ3v) is 6.43. The van der Waals surface area contributed by atoms with Crippen molar-refractivity contribution in [2.75, 3.05) is 11.1 Å². The van der Waals surface area contributed by atoms with E-state index in [2.05, 4.69) is 21.9 Å². The smallest absolute Gasteiger partial charge is 0.236 e. The zero-order chi connectivity index (χ0) is 20.4. The van der Waals surface area contributed by atoms with Gasteiger partial charge in [-0.15, -0.1) is 0 Å². The summed E-state index contributed by atoms with van der Waals surface area (Å²) in [4.78, 5) is 17.4. The minimum atomic E-state index is -0.0524. The second-order valence-corrected chi connectivity index (χ2v) is 8.57. The van der Waals surface area contributed by atoms with Crippen molar-refractivity contribution in [2.45, 2.75) is 57.7 Å². The van der Waals surface area contributed by atoms with E-state index in [1.54, 1.807) is 4.68 Å². The fraction of sp³-hybridized carbons (Fsp3) is 0.409. The van der Waals surface area contributed by atoms with Gasteiger partial charge in [0, 0.05) is 17.8 Å². The second kappa shape index (κ2) is 8.45. The predicted molar refractivity (Wildman–Crippen MR) is 117 cm³/mol. The van der Waals surface area contributed by atoms with Crippen LogP contribution in [-0.2, 0) is 4.79 Å². The summed E-state index contributed by atoms with van der Waals surface area (Å²) in [6.07, 6.45) is 4.95. The van der Waals surface area contributed by atoms with Crippen LogP contribution in [0, 0.1) is 20.8 Å². The maximum atomic E-state index is 12.7. The topological polar surface area (TPSA) is 64.7 Å². The number of aryl methyl sites for hydroxylation is 2.